The molecule has 3 aromatic rings. The summed E-state index contributed by atoms with van der Waals surface area (Å²) in [5.41, 5.74) is 4.37. The summed E-state index contributed by atoms with van der Waals surface area (Å²) in [5.74, 6) is -2.11. The van der Waals surface area contributed by atoms with E-state index in [1.165, 1.54) is 6.92 Å². The minimum Gasteiger partial charge on any atom is -0.481 e. The molecule has 0 radical (unpaired) electrons. The Kier molecular flexibility index (Phi) is 13.2. The molecule has 5 N–H and O–H groups in total. The van der Waals surface area contributed by atoms with Gasteiger partial charge in [-0.3, -0.25) is 9.59 Å². The van der Waals surface area contributed by atoms with Crippen molar-refractivity contribution in [1.29, 1.82) is 0 Å². The standard InChI is InChI=1S/C35H44ClFN4O5S/c1-23-20-29(41-31(39-23)24-12-6-5-7-13-24)47-19-11-4-3-10-16-35(33(44)45)28(22-46-18-17-38)40-27(21-37)34(2,32(42)43)30(35)25-14-8-9-15-26(25)36/h5-9,12-15,20,27-28,30,40H,3-4,10-11,16-19,21-22,38H2,1-2H3,(H,42,43)(H,44,45). The number of aromatic nitrogens is 2. The SMILES string of the molecule is Cc1cc(SCCCCCCC2(C(=O)O)C(COCCN)NC(CF)C(C)(C(=O)O)C2c2ccccc2Cl)nc(-c2ccccc2)n1. The van der Waals surface area contributed by atoms with E-state index in [0.717, 1.165) is 41.3 Å². The van der Waals surface area contributed by atoms with Crippen molar-refractivity contribution in [2.45, 2.75) is 69.0 Å². The summed E-state index contributed by atoms with van der Waals surface area (Å²) < 4.78 is 20.4. The minimum atomic E-state index is -1.83. The molecule has 4 rings (SSSR count). The van der Waals surface area contributed by atoms with Gasteiger partial charge in [0.25, 0.3) is 0 Å². The Balaban J connectivity index is 1.53. The zero-order chi connectivity index (χ0) is 34.0. The van der Waals surface area contributed by atoms with E-state index < -0.39 is 47.4 Å². The van der Waals surface area contributed by atoms with E-state index in [-0.39, 0.29) is 31.2 Å². The molecule has 5 unspecified atom stereocenters. The lowest BCUT2D eigenvalue weighted by atomic mass is 9.50. The zero-order valence-corrected chi connectivity index (χ0v) is 28.4. The zero-order valence-electron chi connectivity index (χ0n) is 26.8. The number of nitrogens with zero attached hydrogens (tertiary/aromatic N) is 2. The van der Waals surface area contributed by atoms with Gasteiger partial charge in [-0.05, 0) is 50.1 Å². The average Bonchev–Trinajstić information content (AvgIpc) is 3.05. The topological polar surface area (TPSA) is 148 Å². The Bertz CT molecular complexity index is 1500. The van der Waals surface area contributed by atoms with E-state index >= 15 is 0 Å². The number of piperidine rings is 1. The Morgan fingerprint density at radius 3 is 2.38 bits per heavy atom. The van der Waals surface area contributed by atoms with Gasteiger partial charge in [-0.15, -0.1) is 11.8 Å². The van der Waals surface area contributed by atoms with Crippen molar-refractivity contribution in [2.75, 3.05) is 32.2 Å². The highest BCUT2D eigenvalue weighted by molar-refractivity contribution is 7.99. The van der Waals surface area contributed by atoms with Crippen LogP contribution in [0, 0.1) is 17.8 Å². The summed E-state index contributed by atoms with van der Waals surface area (Å²) in [5, 5.41) is 25.8. The van der Waals surface area contributed by atoms with Crippen LogP contribution < -0.4 is 11.1 Å². The van der Waals surface area contributed by atoms with Crippen molar-refractivity contribution in [2.24, 2.45) is 16.6 Å². The second kappa shape index (κ2) is 16.8. The van der Waals surface area contributed by atoms with Crippen LogP contribution in [0.3, 0.4) is 0 Å². The largest absolute Gasteiger partial charge is 0.481 e. The lowest BCUT2D eigenvalue weighted by Gasteiger charge is -2.57. The third-order valence-corrected chi connectivity index (χ3v) is 10.6. The van der Waals surface area contributed by atoms with Crippen LogP contribution >= 0.6 is 23.4 Å². The molecule has 47 heavy (non-hydrogen) atoms. The predicted molar refractivity (Wildman–Crippen MR) is 183 cm³/mol. The van der Waals surface area contributed by atoms with Crippen molar-refractivity contribution in [3.05, 3.63) is 76.9 Å². The molecule has 0 spiro atoms. The molecule has 1 fully saturated rings. The molecule has 0 aliphatic carbocycles. The molecule has 2 aromatic carbocycles. The first kappa shape index (κ1) is 36.7. The van der Waals surface area contributed by atoms with Crippen LogP contribution in [0.2, 0.25) is 5.02 Å². The van der Waals surface area contributed by atoms with Gasteiger partial charge in [0.05, 0.1) is 30.1 Å². The smallest absolute Gasteiger partial charge is 0.311 e. The summed E-state index contributed by atoms with van der Waals surface area (Å²) in [6.45, 7) is 2.69. The summed E-state index contributed by atoms with van der Waals surface area (Å²) in [6.07, 6.45) is 3.08. The third kappa shape index (κ3) is 8.14. The van der Waals surface area contributed by atoms with E-state index in [1.54, 1.807) is 36.0 Å². The first-order valence-electron chi connectivity index (χ1n) is 15.9. The Morgan fingerprint density at radius 1 is 1.02 bits per heavy atom. The summed E-state index contributed by atoms with van der Waals surface area (Å²) >= 11 is 8.30. The second-order valence-electron chi connectivity index (χ2n) is 12.2. The number of unbranched alkanes of at least 4 members (excludes halogenated alkanes) is 3. The number of hydrogen-bond donors (Lipinski definition) is 4. The number of hydrogen-bond acceptors (Lipinski definition) is 8. The van der Waals surface area contributed by atoms with Crippen LogP contribution in [0.15, 0.2) is 65.7 Å². The number of benzene rings is 2. The van der Waals surface area contributed by atoms with Crippen LogP contribution in [-0.4, -0.2) is 76.4 Å². The minimum absolute atomic E-state index is 0.0728. The fourth-order valence-corrected chi connectivity index (χ4v) is 8.06. The number of aliphatic carboxylic acids is 2. The van der Waals surface area contributed by atoms with Gasteiger partial charge < -0.3 is 26.0 Å². The van der Waals surface area contributed by atoms with Gasteiger partial charge in [-0.25, -0.2) is 14.4 Å². The van der Waals surface area contributed by atoms with Gasteiger partial charge >= 0.3 is 11.9 Å². The van der Waals surface area contributed by atoms with Crippen LogP contribution in [0.1, 0.15) is 56.2 Å². The monoisotopic (exact) mass is 686 g/mol. The van der Waals surface area contributed by atoms with Crippen molar-refractivity contribution >= 4 is 35.3 Å². The van der Waals surface area contributed by atoms with Gasteiger partial charge in [-0.2, -0.15) is 0 Å². The molecule has 254 valence electrons. The number of alkyl halides is 1. The predicted octanol–water partition coefficient (Wildman–Crippen LogP) is 6.38. The molecule has 9 nitrogen and oxygen atoms in total. The van der Waals surface area contributed by atoms with E-state index in [4.69, 9.17) is 27.1 Å². The fraction of sp³-hybridized carbons (Fsp3) is 0.486. The second-order valence-corrected chi connectivity index (χ2v) is 13.7. The number of halogens is 2. The van der Waals surface area contributed by atoms with Gasteiger partial charge in [0.2, 0.25) is 0 Å². The number of aryl methyl sites for hydroxylation is 1. The van der Waals surface area contributed by atoms with Crippen molar-refractivity contribution in [3.8, 4) is 11.4 Å². The molecule has 1 saturated heterocycles. The fourth-order valence-electron chi connectivity index (χ4n) is 6.85. The molecule has 12 heteroatoms. The maximum Gasteiger partial charge on any atom is 0.311 e. The normalized spacial score (nSPS) is 24.2. The number of carboxylic acids is 2. The van der Waals surface area contributed by atoms with Gasteiger partial charge in [0.1, 0.15) is 11.7 Å². The molecule has 1 aliphatic rings. The van der Waals surface area contributed by atoms with E-state index in [2.05, 4.69) is 10.3 Å². The lowest BCUT2D eigenvalue weighted by Crippen LogP contribution is -2.72. The molecule has 0 saturated carbocycles. The van der Waals surface area contributed by atoms with Gasteiger partial charge in [0, 0.05) is 34.8 Å². The summed E-state index contributed by atoms with van der Waals surface area (Å²) in [4.78, 5) is 35.8. The highest BCUT2D eigenvalue weighted by Gasteiger charge is 2.67. The Morgan fingerprint density at radius 2 is 1.72 bits per heavy atom. The molecular weight excluding hydrogens is 643 g/mol. The number of carbonyl (C=O) groups is 2. The Labute approximate surface area is 284 Å². The van der Waals surface area contributed by atoms with Crippen molar-refractivity contribution < 1.29 is 28.9 Å². The maximum atomic E-state index is 14.6. The number of nitrogens with two attached hydrogens (primary N) is 1. The number of rotatable bonds is 17. The van der Waals surface area contributed by atoms with Gasteiger partial charge in [-0.1, -0.05) is 79.4 Å². The molecule has 2 heterocycles. The van der Waals surface area contributed by atoms with E-state index in [1.807, 2.05) is 43.3 Å². The van der Waals surface area contributed by atoms with Gasteiger partial charge in [0.15, 0.2) is 5.82 Å². The number of ether oxygens (including phenoxy) is 1. The van der Waals surface area contributed by atoms with E-state index in [9.17, 15) is 24.2 Å². The molecule has 1 aliphatic heterocycles. The molecule has 1 aromatic heterocycles. The van der Waals surface area contributed by atoms with Crippen LogP contribution in [-0.2, 0) is 14.3 Å². The number of carboxylic acid groups (broad SMARTS) is 2. The average molecular weight is 687 g/mol. The number of thioether (sulfide) groups is 1. The maximum absolute atomic E-state index is 14.6. The summed E-state index contributed by atoms with van der Waals surface area (Å²) in [6, 6.07) is 16.4. The first-order valence-corrected chi connectivity index (χ1v) is 17.3. The molecular formula is C35H44ClFN4O5S. The molecule has 5 atom stereocenters. The Hall–Kier alpha value is -3.09. The van der Waals surface area contributed by atoms with E-state index in [0.29, 0.717) is 17.8 Å². The van der Waals surface area contributed by atoms with Crippen molar-refractivity contribution in [3.63, 3.8) is 0 Å². The quantitative estimate of drug-likeness (QED) is 0.0716. The number of nitrogens with one attached hydrogen (secondary N) is 1. The van der Waals surface area contributed by atoms with Crippen molar-refractivity contribution in [1.82, 2.24) is 15.3 Å². The highest BCUT2D eigenvalue weighted by Crippen LogP contribution is 2.58. The lowest BCUT2D eigenvalue weighted by molar-refractivity contribution is -0.176. The third-order valence-electron chi connectivity index (χ3n) is 9.24. The van der Waals surface area contributed by atoms with Crippen LogP contribution in [0.25, 0.3) is 11.4 Å². The first-order chi connectivity index (χ1) is 22.6. The molecule has 0 bridgehead atoms. The summed E-state index contributed by atoms with van der Waals surface area (Å²) in [7, 11) is 0. The molecule has 0 amide bonds. The van der Waals surface area contributed by atoms with Crippen LogP contribution in [0.4, 0.5) is 4.39 Å². The van der Waals surface area contributed by atoms with Crippen LogP contribution in [0.5, 0.6) is 0 Å². The highest BCUT2D eigenvalue weighted by atomic mass is 35.5.